The normalized spacial score (nSPS) is 20.3. The molecule has 0 aliphatic heterocycles. The van der Waals surface area contributed by atoms with E-state index in [4.69, 9.17) is 0 Å². The topological polar surface area (TPSA) is 52.6 Å². The van der Waals surface area contributed by atoms with Crippen LogP contribution >= 0.6 is 0 Å². The molecule has 1 aliphatic carbocycles. The van der Waals surface area contributed by atoms with Gasteiger partial charge in [0.05, 0.1) is 12.6 Å². The first-order chi connectivity index (χ1) is 9.10. The fraction of sp³-hybridized carbons (Fsp3) is 0.933. The van der Waals surface area contributed by atoms with Crippen LogP contribution in [-0.4, -0.2) is 47.2 Å². The Morgan fingerprint density at radius 3 is 2.47 bits per heavy atom. The Kier molecular flexibility index (Phi) is 7.39. The Hall–Kier alpha value is -0.610. The van der Waals surface area contributed by atoms with Crippen molar-refractivity contribution in [2.45, 2.75) is 77.4 Å². The molecule has 2 atom stereocenters. The highest BCUT2D eigenvalue weighted by molar-refractivity contribution is 5.81. The third kappa shape index (κ3) is 5.11. The Bertz CT molecular complexity index is 265. The van der Waals surface area contributed by atoms with E-state index < -0.39 is 0 Å². The summed E-state index contributed by atoms with van der Waals surface area (Å²) in [4.78, 5) is 14.4. The summed E-state index contributed by atoms with van der Waals surface area (Å²) in [7, 11) is 0. The minimum atomic E-state index is -0.149. The van der Waals surface area contributed by atoms with Crippen molar-refractivity contribution in [2.75, 3.05) is 13.2 Å². The van der Waals surface area contributed by atoms with Gasteiger partial charge in [0.2, 0.25) is 5.91 Å². The van der Waals surface area contributed by atoms with Crippen molar-refractivity contribution in [1.82, 2.24) is 10.2 Å². The molecule has 1 aliphatic rings. The van der Waals surface area contributed by atoms with Gasteiger partial charge in [0.15, 0.2) is 0 Å². The number of aliphatic hydroxyl groups excluding tert-OH is 1. The van der Waals surface area contributed by atoms with E-state index in [2.05, 4.69) is 17.1 Å². The summed E-state index contributed by atoms with van der Waals surface area (Å²) in [6, 6.07) is 0.528. The van der Waals surface area contributed by atoms with Gasteiger partial charge >= 0.3 is 0 Å². The van der Waals surface area contributed by atoms with E-state index in [-0.39, 0.29) is 24.6 Å². The molecular formula is C15H30N2O2. The van der Waals surface area contributed by atoms with Crippen molar-refractivity contribution >= 4 is 5.91 Å². The van der Waals surface area contributed by atoms with E-state index >= 15 is 0 Å². The van der Waals surface area contributed by atoms with Gasteiger partial charge in [-0.05, 0) is 33.1 Å². The minimum absolute atomic E-state index is 0.0911. The van der Waals surface area contributed by atoms with E-state index in [0.29, 0.717) is 12.6 Å². The molecule has 0 aromatic heterocycles. The number of hydrogen-bond donors (Lipinski definition) is 2. The molecule has 2 N–H and O–H groups in total. The van der Waals surface area contributed by atoms with Gasteiger partial charge < -0.3 is 10.4 Å². The number of carbonyl (C=O) groups is 1. The van der Waals surface area contributed by atoms with Gasteiger partial charge in [0, 0.05) is 18.6 Å². The minimum Gasteiger partial charge on any atom is -0.395 e. The number of aliphatic hydroxyl groups is 1. The second kappa shape index (κ2) is 8.54. The zero-order chi connectivity index (χ0) is 14.3. The average Bonchev–Trinajstić information content (AvgIpc) is 2.44. The van der Waals surface area contributed by atoms with Crippen LogP contribution in [0.3, 0.4) is 0 Å². The van der Waals surface area contributed by atoms with E-state index in [1.54, 1.807) is 0 Å². The highest BCUT2D eigenvalue weighted by Crippen LogP contribution is 2.24. The summed E-state index contributed by atoms with van der Waals surface area (Å²) < 4.78 is 0. The van der Waals surface area contributed by atoms with Crippen molar-refractivity contribution in [3.05, 3.63) is 0 Å². The molecule has 0 aromatic carbocycles. The van der Waals surface area contributed by atoms with Crippen LogP contribution in [0.2, 0.25) is 0 Å². The molecule has 19 heavy (non-hydrogen) atoms. The van der Waals surface area contributed by atoms with E-state index in [9.17, 15) is 9.90 Å². The standard InChI is InChI=1S/C15H30N2O2/c1-4-12(2)16-15(19)13(3)17(10-11-18)14-8-6-5-7-9-14/h12-14,18H,4-11H2,1-3H3,(H,16,19). The maximum absolute atomic E-state index is 12.2. The highest BCUT2D eigenvalue weighted by Gasteiger charge is 2.29. The summed E-state index contributed by atoms with van der Waals surface area (Å²) in [6.07, 6.45) is 7.04. The van der Waals surface area contributed by atoms with Crippen molar-refractivity contribution in [3.8, 4) is 0 Å². The van der Waals surface area contributed by atoms with Crippen molar-refractivity contribution in [1.29, 1.82) is 0 Å². The lowest BCUT2D eigenvalue weighted by molar-refractivity contribution is -0.128. The lowest BCUT2D eigenvalue weighted by Crippen LogP contribution is -2.52. The fourth-order valence-corrected chi connectivity index (χ4v) is 2.84. The molecule has 0 spiro atoms. The summed E-state index contributed by atoms with van der Waals surface area (Å²) in [5.41, 5.74) is 0. The van der Waals surface area contributed by atoms with Crippen LogP contribution in [0.25, 0.3) is 0 Å². The molecule has 0 saturated heterocycles. The van der Waals surface area contributed by atoms with Gasteiger partial charge in [-0.3, -0.25) is 9.69 Å². The number of nitrogens with zero attached hydrogens (tertiary/aromatic N) is 1. The van der Waals surface area contributed by atoms with Crippen LogP contribution < -0.4 is 5.32 Å². The molecule has 4 nitrogen and oxygen atoms in total. The SMILES string of the molecule is CCC(C)NC(=O)C(C)N(CCO)C1CCCCC1. The summed E-state index contributed by atoms with van der Waals surface area (Å²) in [6.45, 7) is 6.78. The molecule has 0 heterocycles. The van der Waals surface area contributed by atoms with Crippen LogP contribution in [-0.2, 0) is 4.79 Å². The maximum Gasteiger partial charge on any atom is 0.237 e. The number of hydrogen-bond acceptors (Lipinski definition) is 3. The van der Waals surface area contributed by atoms with Crippen molar-refractivity contribution in [3.63, 3.8) is 0 Å². The van der Waals surface area contributed by atoms with Gasteiger partial charge in [0.25, 0.3) is 0 Å². The van der Waals surface area contributed by atoms with Crippen LogP contribution in [0.5, 0.6) is 0 Å². The van der Waals surface area contributed by atoms with Crippen LogP contribution in [0, 0.1) is 0 Å². The summed E-state index contributed by atoms with van der Waals surface area (Å²) in [5, 5.41) is 12.3. The second-order valence-corrected chi connectivity index (χ2v) is 5.75. The molecule has 1 rings (SSSR count). The van der Waals surface area contributed by atoms with Gasteiger partial charge in [-0.25, -0.2) is 0 Å². The quantitative estimate of drug-likeness (QED) is 0.743. The zero-order valence-corrected chi connectivity index (χ0v) is 12.7. The monoisotopic (exact) mass is 270 g/mol. The molecule has 0 aromatic rings. The Labute approximate surface area is 117 Å². The number of nitrogens with one attached hydrogen (secondary N) is 1. The van der Waals surface area contributed by atoms with E-state index in [1.807, 2.05) is 13.8 Å². The second-order valence-electron chi connectivity index (χ2n) is 5.75. The summed E-state index contributed by atoms with van der Waals surface area (Å²) in [5.74, 6) is 0.0911. The number of rotatable bonds is 7. The smallest absolute Gasteiger partial charge is 0.237 e. The molecular weight excluding hydrogens is 240 g/mol. The largest absolute Gasteiger partial charge is 0.395 e. The molecule has 2 unspecified atom stereocenters. The van der Waals surface area contributed by atoms with Crippen molar-refractivity contribution in [2.24, 2.45) is 0 Å². The molecule has 1 amide bonds. The molecule has 112 valence electrons. The highest BCUT2D eigenvalue weighted by atomic mass is 16.3. The first-order valence-corrected chi connectivity index (χ1v) is 7.77. The van der Waals surface area contributed by atoms with Gasteiger partial charge in [-0.15, -0.1) is 0 Å². The van der Waals surface area contributed by atoms with E-state index in [1.165, 1.54) is 19.3 Å². The van der Waals surface area contributed by atoms with Gasteiger partial charge in [-0.1, -0.05) is 26.2 Å². The van der Waals surface area contributed by atoms with Crippen LogP contribution in [0.15, 0.2) is 0 Å². The zero-order valence-electron chi connectivity index (χ0n) is 12.7. The number of amides is 1. The van der Waals surface area contributed by atoms with Crippen molar-refractivity contribution < 1.29 is 9.90 Å². The Balaban J connectivity index is 2.60. The molecule has 1 saturated carbocycles. The first kappa shape index (κ1) is 16.4. The molecule has 1 fully saturated rings. The average molecular weight is 270 g/mol. The molecule has 0 bridgehead atoms. The first-order valence-electron chi connectivity index (χ1n) is 7.77. The lowest BCUT2D eigenvalue weighted by atomic mass is 9.93. The summed E-state index contributed by atoms with van der Waals surface area (Å²) >= 11 is 0. The van der Waals surface area contributed by atoms with Gasteiger partial charge in [0.1, 0.15) is 0 Å². The molecule has 0 radical (unpaired) electrons. The fourth-order valence-electron chi connectivity index (χ4n) is 2.84. The third-order valence-corrected chi connectivity index (χ3v) is 4.28. The van der Waals surface area contributed by atoms with Crippen LogP contribution in [0.4, 0.5) is 0 Å². The van der Waals surface area contributed by atoms with Crippen LogP contribution in [0.1, 0.15) is 59.3 Å². The van der Waals surface area contributed by atoms with Gasteiger partial charge in [-0.2, -0.15) is 0 Å². The maximum atomic E-state index is 12.2. The predicted molar refractivity (Wildman–Crippen MR) is 78.0 cm³/mol. The molecule has 4 heteroatoms. The predicted octanol–water partition coefficient (Wildman–Crippen LogP) is 1.92. The van der Waals surface area contributed by atoms with E-state index in [0.717, 1.165) is 19.3 Å². The lowest BCUT2D eigenvalue weighted by Gasteiger charge is -2.37. The number of carbonyl (C=O) groups excluding carboxylic acids is 1. The Morgan fingerprint density at radius 2 is 1.95 bits per heavy atom. The third-order valence-electron chi connectivity index (χ3n) is 4.28. The Morgan fingerprint density at radius 1 is 1.32 bits per heavy atom.